The molecule has 1 N–H and O–H groups in total. The van der Waals surface area contributed by atoms with E-state index in [2.05, 4.69) is 19.2 Å². The Balaban J connectivity index is 0. The van der Waals surface area contributed by atoms with Crippen LogP contribution in [0, 0.1) is 5.92 Å². The minimum absolute atomic E-state index is 0. The zero-order chi connectivity index (χ0) is 11.0. The predicted octanol–water partition coefficient (Wildman–Crippen LogP) is 1.86. The van der Waals surface area contributed by atoms with Crippen molar-refractivity contribution in [3.63, 3.8) is 0 Å². The van der Waals surface area contributed by atoms with E-state index in [0.717, 1.165) is 6.54 Å². The van der Waals surface area contributed by atoms with E-state index in [1.807, 2.05) is 13.8 Å². The molecule has 0 aromatic rings. The molecular formula is C11H25NO2. The quantitative estimate of drug-likeness (QED) is 0.612. The SMILES string of the molecule is CC(C)NCCOCCC(=O)C(C)C.[HH]. The zero-order valence-electron chi connectivity index (χ0n) is 9.80. The van der Waals surface area contributed by atoms with Crippen molar-refractivity contribution >= 4 is 5.78 Å². The molecule has 0 aromatic carbocycles. The predicted molar refractivity (Wildman–Crippen MR) is 60.5 cm³/mol. The molecule has 3 heteroatoms. The van der Waals surface area contributed by atoms with Crippen LogP contribution in [0.2, 0.25) is 0 Å². The topological polar surface area (TPSA) is 38.3 Å². The number of carbonyl (C=O) groups excluding carboxylic acids is 1. The summed E-state index contributed by atoms with van der Waals surface area (Å²) in [6.07, 6.45) is 0.541. The molecule has 0 heterocycles. The van der Waals surface area contributed by atoms with Crippen molar-refractivity contribution in [3.8, 4) is 0 Å². The second-order valence-corrected chi connectivity index (χ2v) is 4.09. The molecule has 0 atom stereocenters. The zero-order valence-corrected chi connectivity index (χ0v) is 9.80. The van der Waals surface area contributed by atoms with Crippen LogP contribution < -0.4 is 5.32 Å². The van der Waals surface area contributed by atoms with Crippen molar-refractivity contribution in [1.29, 1.82) is 0 Å². The van der Waals surface area contributed by atoms with Crippen LogP contribution in [-0.4, -0.2) is 31.6 Å². The summed E-state index contributed by atoms with van der Waals surface area (Å²) in [6, 6.07) is 0.496. The third-order valence-corrected chi connectivity index (χ3v) is 1.94. The molecule has 0 bridgehead atoms. The molecule has 0 saturated heterocycles. The molecular weight excluding hydrogens is 178 g/mol. The van der Waals surface area contributed by atoms with E-state index in [4.69, 9.17) is 4.74 Å². The lowest BCUT2D eigenvalue weighted by Crippen LogP contribution is -2.27. The molecule has 3 nitrogen and oxygen atoms in total. The van der Waals surface area contributed by atoms with Gasteiger partial charge in [-0.3, -0.25) is 4.79 Å². The van der Waals surface area contributed by atoms with Crippen molar-refractivity contribution in [3.05, 3.63) is 0 Å². The summed E-state index contributed by atoms with van der Waals surface area (Å²) in [5.41, 5.74) is 0. The summed E-state index contributed by atoms with van der Waals surface area (Å²) in [6.45, 7) is 10.1. The highest BCUT2D eigenvalue weighted by Gasteiger charge is 2.05. The average molecular weight is 203 g/mol. The fraction of sp³-hybridized carbons (Fsp3) is 0.909. The van der Waals surface area contributed by atoms with Gasteiger partial charge in [-0.1, -0.05) is 27.7 Å². The van der Waals surface area contributed by atoms with Crippen LogP contribution >= 0.6 is 0 Å². The second kappa shape index (κ2) is 7.94. The summed E-state index contributed by atoms with van der Waals surface area (Å²) in [5, 5.41) is 3.25. The van der Waals surface area contributed by atoms with Gasteiger partial charge < -0.3 is 10.1 Å². The van der Waals surface area contributed by atoms with Gasteiger partial charge in [0, 0.05) is 26.4 Å². The summed E-state index contributed by atoms with van der Waals surface area (Å²) in [5.74, 6) is 0.411. The molecule has 0 rings (SSSR count). The summed E-state index contributed by atoms with van der Waals surface area (Å²) >= 11 is 0. The van der Waals surface area contributed by atoms with E-state index >= 15 is 0 Å². The molecule has 0 aliphatic heterocycles. The third kappa shape index (κ3) is 8.20. The Hall–Kier alpha value is -0.410. The van der Waals surface area contributed by atoms with E-state index in [1.165, 1.54) is 0 Å². The number of rotatable bonds is 8. The first-order valence-corrected chi connectivity index (χ1v) is 5.38. The Kier molecular flexibility index (Phi) is 7.71. The Morgan fingerprint density at radius 1 is 1.29 bits per heavy atom. The number of nitrogens with one attached hydrogen (secondary N) is 1. The number of ether oxygens (including phenoxy) is 1. The summed E-state index contributed by atoms with van der Waals surface area (Å²) in [7, 11) is 0. The smallest absolute Gasteiger partial charge is 0.137 e. The van der Waals surface area contributed by atoms with Gasteiger partial charge >= 0.3 is 0 Å². The Bertz CT molecular complexity index is 161. The van der Waals surface area contributed by atoms with Crippen LogP contribution in [0.4, 0.5) is 0 Å². The fourth-order valence-corrected chi connectivity index (χ4v) is 0.983. The average Bonchev–Trinajstić information content (AvgIpc) is 2.09. The lowest BCUT2D eigenvalue weighted by molar-refractivity contribution is -0.122. The minimum Gasteiger partial charge on any atom is -0.380 e. The molecule has 0 amide bonds. The Morgan fingerprint density at radius 3 is 2.43 bits per heavy atom. The summed E-state index contributed by atoms with van der Waals surface area (Å²) < 4.78 is 5.32. The standard InChI is InChI=1S/C11H23NO2.H2/c1-9(2)11(13)5-7-14-8-6-12-10(3)4;/h9-10,12H,5-8H2,1-4H3;1H. The monoisotopic (exact) mass is 203 g/mol. The number of Topliss-reactive ketones (excluding diaryl/α,β-unsaturated/α-hetero) is 1. The van der Waals surface area contributed by atoms with Crippen LogP contribution in [0.3, 0.4) is 0 Å². The molecule has 86 valence electrons. The van der Waals surface area contributed by atoms with E-state index in [9.17, 15) is 4.79 Å². The normalized spacial score (nSPS) is 11.3. The van der Waals surface area contributed by atoms with Crippen LogP contribution in [0.25, 0.3) is 0 Å². The Morgan fingerprint density at radius 2 is 1.93 bits per heavy atom. The van der Waals surface area contributed by atoms with Crippen molar-refractivity contribution in [1.82, 2.24) is 5.32 Å². The van der Waals surface area contributed by atoms with Gasteiger partial charge in [-0.15, -0.1) is 0 Å². The first-order valence-electron chi connectivity index (χ1n) is 5.38. The van der Waals surface area contributed by atoms with E-state index < -0.39 is 0 Å². The number of carbonyl (C=O) groups is 1. The molecule has 0 fully saturated rings. The van der Waals surface area contributed by atoms with Crippen LogP contribution in [0.5, 0.6) is 0 Å². The van der Waals surface area contributed by atoms with Gasteiger partial charge in [-0.25, -0.2) is 0 Å². The molecule has 0 radical (unpaired) electrons. The second-order valence-electron chi connectivity index (χ2n) is 4.09. The molecule has 0 saturated carbocycles. The van der Waals surface area contributed by atoms with Gasteiger partial charge in [0.2, 0.25) is 0 Å². The highest BCUT2D eigenvalue weighted by molar-refractivity contribution is 5.80. The number of hydrogen-bond donors (Lipinski definition) is 1. The van der Waals surface area contributed by atoms with E-state index in [0.29, 0.717) is 25.7 Å². The number of ketones is 1. The maximum Gasteiger partial charge on any atom is 0.137 e. The summed E-state index contributed by atoms with van der Waals surface area (Å²) in [4.78, 5) is 11.2. The molecule has 0 aliphatic carbocycles. The van der Waals surface area contributed by atoms with Crippen molar-refractivity contribution in [2.24, 2.45) is 5.92 Å². The number of hydrogen-bond acceptors (Lipinski definition) is 3. The first-order chi connectivity index (χ1) is 6.54. The maximum atomic E-state index is 11.2. The fourth-order valence-electron chi connectivity index (χ4n) is 0.983. The van der Waals surface area contributed by atoms with Crippen LogP contribution in [-0.2, 0) is 9.53 Å². The van der Waals surface area contributed by atoms with Gasteiger partial charge in [0.25, 0.3) is 0 Å². The molecule has 14 heavy (non-hydrogen) atoms. The highest BCUT2D eigenvalue weighted by Crippen LogP contribution is 1.98. The molecule has 0 unspecified atom stereocenters. The molecule has 0 aromatic heterocycles. The van der Waals surface area contributed by atoms with Crippen LogP contribution in [0.15, 0.2) is 0 Å². The van der Waals surface area contributed by atoms with Gasteiger partial charge in [0.1, 0.15) is 5.78 Å². The van der Waals surface area contributed by atoms with Crippen molar-refractivity contribution in [2.75, 3.05) is 19.8 Å². The maximum absolute atomic E-state index is 11.2. The largest absolute Gasteiger partial charge is 0.380 e. The lowest BCUT2D eigenvalue weighted by Gasteiger charge is -2.08. The van der Waals surface area contributed by atoms with E-state index in [-0.39, 0.29) is 13.1 Å². The van der Waals surface area contributed by atoms with Crippen LogP contribution in [0.1, 0.15) is 35.5 Å². The first kappa shape index (κ1) is 13.6. The van der Waals surface area contributed by atoms with Gasteiger partial charge in [-0.2, -0.15) is 0 Å². The molecule has 0 aliphatic rings. The van der Waals surface area contributed by atoms with Gasteiger partial charge in [-0.05, 0) is 0 Å². The highest BCUT2D eigenvalue weighted by atomic mass is 16.5. The minimum atomic E-state index is 0. The van der Waals surface area contributed by atoms with Crippen molar-refractivity contribution in [2.45, 2.75) is 40.2 Å². The lowest BCUT2D eigenvalue weighted by atomic mass is 10.1. The molecule has 0 spiro atoms. The third-order valence-electron chi connectivity index (χ3n) is 1.94. The Labute approximate surface area is 88.7 Å². The van der Waals surface area contributed by atoms with E-state index in [1.54, 1.807) is 0 Å². The van der Waals surface area contributed by atoms with Gasteiger partial charge in [0.05, 0.1) is 13.2 Å². The van der Waals surface area contributed by atoms with Gasteiger partial charge in [0.15, 0.2) is 0 Å². The van der Waals surface area contributed by atoms with Crippen molar-refractivity contribution < 1.29 is 11.0 Å².